The van der Waals surface area contributed by atoms with Gasteiger partial charge < -0.3 is 0 Å². The van der Waals surface area contributed by atoms with Gasteiger partial charge in [0.2, 0.25) is 0 Å². The van der Waals surface area contributed by atoms with Crippen molar-refractivity contribution >= 4 is 8.41 Å². The Labute approximate surface area is 81.2 Å². The monoisotopic (exact) mass is 179 g/mol. The van der Waals surface area contributed by atoms with E-state index in [0.29, 0.717) is 5.92 Å². The van der Waals surface area contributed by atoms with E-state index in [1.165, 1.54) is 6.07 Å². The lowest BCUT2D eigenvalue weighted by atomic mass is 10.1. The number of rotatable bonds is 1. The highest BCUT2D eigenvalue weighted by atomic mass is 16.1. The highest BCUT2D eigenvalue weighted by Gasteiger charge is 1.97. The molecule has 0 saturated carbocycles. The predicted octanol–water partition coefficient (Wildman–Crippen LogP) is 1.54. The molecule has 0 aliphatic heterocycles. The lowest BCUT2D eigenvalue weighted by Gasteiger charge is -1.99. The number of hydrogen-bond acceptors (Lipinski definition) is 2. The molecule has 3 radical (unpaired) electrons. The quantitative estimate of drug-likeness (QED) is 0.664. The Morgan fingerprint density at radius 3 is 2.15 bits per heavy atom. The SMILES string of the molecule is CC.CC(C)c1ccc(=O)[nH]n1.[B]. The van der Waals surface area contributed by atoms with Gasteiger partial charge in [0.25, 0.3) is 5.56 Å². The third-order valence-corrected chi connectivity index (χ3v) is 1.29. The maximum absolute atomic E-state index is 10.5. The van der Waals surface area contributed by atoms with E-state index in [4.69, 9.17) is 0 Å². The molecule has 1 rings (SSSR count). The third-order valence-electron chi connectivity index (χ3n) is 1.29. The lowest BCUT2D eigenvalue weighted by molar-refractivity contribution is 0.777. The van der Waals surface area contributed by atoms with Crippen LogP contribution in [0.5, 0.6) is 0 Å². The van der Waals surface area contributed by atoms with Gasteiger partial charge in [0, 0.05) is 14.5 Å². The topological polar surface area (TPSA) is 45.8 Å². The molecule has 0 aliphatic rings. The van der Waals surface area contributed by atoms with E-state index < -0.39 is 0 Å². The number of aromatic amines is 1. The van der Waals surface area contributed by atoms with Crippen LogP contribution in [0.4, 0.5) is 0 Å². The molecule has 1 aromatic rings. The van der Waals surface area contributed by atoms with Gasteiger partial charge in [-0.05, 0) is 12.0 Å². The molecule has 0 aromatic carbocycles. The molecule has 0 bridgehead atoms. The van der Waals surface area contributed by atoms with Gasteiger partial charge in [0.15, 0.2) is 0 Å². The first-order valence-corrected chi connectivity index (χ1v) is 4.26. The van der Waals surface area contributed by atoms with Crippen molar-refractivity contribution in [2.24, 2.45) is 0 Å². The first kappa shape index (κ1) is 14.5. The summed E-state index contributed by atoms with van der Waals surface area (Å²) in [5.74, 6) is 0.372. The van der Waals surface area contributed by atoms with Crippen molar-refractivity contribution in [1.82, 2.24) is 10.2 Å². The summed E-state index contributed by atoms with van der Waals surface area (Å²) < 4.78 is 0. The molecule has 4 heteroatoms. The fourth-order valence-corrected chi connectivity index (χ4v) is 0.677. The van der Waals surface area contributed by atoms with Crippen molar-refractivity contribution in [3.8, 4) is 0 Å². The Bertz CT molecular complexity index is 250. The molecular formula is C9H16BN2O. The molecule has 0 amide bonds. The molecule has 0 fully saturated rings. The van der Waals surface area contributed by atoms with Crippen molar-refractivity contribution in [3.05, 3.63) is 28.2 Å². The Morgan fingerprint density at radius 2 is 1.85 bits per heavy atom. The first-order chi connectivity index (χ1) is 5.70. The molecule has 71 valence electrons. The second-order valence-corrected chi connectivity index (χ2v) is 2.50. The van der Waals surface area contributed by atoms with Gasteiger partial charge in [-0.1, -0.05) is 27.7 Å². The maximum Gasteiger partial charge on any atom is 0.264 e. The number of aromatic nitrogens is 2. The van der Waals surface area contributed by atoms with Crippen molar-refractivity contribution in [2.45, 2.75) is 33.6 Å². The molecule has 3 nitrogen and oxygen atoms in total. The van der Waals surface area contributed by atoms with Crippen LogP contribution < -0.4 is 5.56 Å². The largest absolute Gasteiger partial charge is 0.268 e. The first-order valence-electron chi connectivity index (χ1n) is 4.26. The second-order valence-electron chi connectivity index (χ2n) is 2.50. The van der Waals surface area contributed by atoms with Crippen LogP contribution in [-0.4, -0.2) is 18.6 Å². The Balaban J connectivity index is 0. The van der Waals surface area contributed by atoms with Crippen molar-refractivity contribution in [2.75, 3.05) is 0 Å². The van der Waals surface area contributed by atoms with Gasteiger partial charge in [0.1, 0.15) is 0 Å². The Hall–Kier alpha value is -1.06. The van der Waals surface area contributed by atoms with Gasteiger partial charge in [-0.3, -0.25) is 4.79 Å². The number of nitrogens with one attached hydrogen (secondary N) is 1. The standard InChI is InChI=1S/C7H10N2O.C2H6.B/c1-5(2)6-3-4-7(10)9-8-6;1-2;/h3-5H,1-2H3,(H,9,10);1-2H3;. The minimum Gasteiger partial charge on any atom is -0.268 e. The van der Waals surface area contributed by atoms with Crippen LogP contribution in [0.1, 0.15) is 39.3 Å². The number of hydrogen-bond donors (Lipinski definition) is 1. The average Bonchev–Trinajstić information content (AvgIpc) is 2.09. The van der Waals surface area contributed by atoms with E-state index in [-0.39, 0.29) is 14.0 Å². The summed E-state index contributed by atoms with van der Waals surface area (Å²) in [6.45, 7) is 8.06. The van der Waals surface area contributed by atoms with Crippen LogP contribution in [0, 0.1) is 0 Å². The van der Waals surface area contributed by atoms with Crippen molar-refractivity contribution < 1.29 is 0 Å². The summed E-state index contributed by atoms with van der Waals surface area (Å²) in [6, 6.07) is 3.23. The highest BCUT2D eigenvalue weighted by Crippen LogP contribution is 2.06. The van der Waals surface area contributed by atoms with Crippen LogP contribution in [0.3, 0.4) is 0 Å². The van der Waals surface area contributed by atoms with Gasteiger partial charge in [-0.2, -0.15) is 5.10 Å². The summed E-state index contributed by atoms with van der Waals surface area (Å²) >= 11 is 0. The molecule has 0 spiro atoms. The van der Waals surface area contributed by atoms with E-state index in [9.17, 15) is 4.79 Å². The Kier molecular flexibility index (Phi) is 8.44. The summed E-state index contributed by atoms with van der Waals surface area (Å²) in [7, 11) is 0. The van der Waals surface area contributed by atoms with Crippen LogP contribution in [0.2, 0.25) is 0 Å². The number of nitrogens with zero attached hydrogens (tertiary/aromatic N) is 1. The summed E-state index contributed by atoms with van der Waals surface area (Å²) in [6.07, 6.45) is 0. The smallest absolute Gasteiger partial charge is 0.264 e. The molecule has 0 unspecified atom stereocenters. The third kappa shape index (κ3) is 5.23. The van der Waals surface area contributed by atoms with E-state index in [2.05, 4.69) is 10.2 Å². The van der Waals surface area contributed by atoms with Crippen LogP contribution in [-0.2, 0) is 0 Å². The molecule has 1 heterocycles. The fourth-order valence-electron chi connectivity index (χ4n) is 0.677. The average molecular weight is 179 g/mol. The molecule has 13 heavy (non-hydrogen) atoms. The summed E-state index contributed by atoms with van der Waals surface area (Å²) in [4.78, 5) is 10.5. The van der Waals surface area contributed by atoms with E-state index in [1.54, 1.807) is 6.07 Å². The molecule has 1 aromatic heterocycles. The Morgan fingerprint density at radius 1 is 1.31 bits per heavy atom. The molecule has 0 saturated heterocycles. The van der Waals surface area contributed by atoms with E-state index in [0.717, 1.165) is 5.69 Å². The van der Waals surface area contributed by atoms with Gasteiger partial charge in [0.05, 0.1) is 5.69 Å². The second kappa shape index (κ2) is 7.59. The zero-order valence-corrected chi connectivity index (χ0v) is 8.66. The molecule has 0 aliphatic carbocycles. The zero-order chi connectivity index (χ0) is 9.56. The highest BCUT2D eigenvalue weighted by molar-refractivity contribution is 5.75. The molecule has 1 N–H and O–H groups in total. The summed E-state index contributed by atoms with van der Waals surface area (Å²) in [5, 5.41) is 6.22. The van der Waals surface area contributed by atoms with Gasteiger partial charge >= 0.3 is 0 Å². The van der Waals surface area contributed by atoms with Gasteiger partial charge in [-0.25, -0.2) is 5.10 Å². The van der Waals surface area contributed by atoms with Gasteiger partial charge in [-0.15, -0.1) is 0 Å². The zero-order valence-electron chi connectivity index (χ0n) is 8.66. The lowest BCUT2D eigenvalue weighted by Crippen LogP contribution is -2.07. The van der Waals surface area contributed by atoms with Crippen LogP contribution in [0.15, 0.2) is 16.9 Å². The van der Waals surface area contributed by atoms with Crippen molar-refractivity contribution in [3.63, 3.8) is 0 Å². The van der Waals surface area contributed by atoms with E-state index in [1.807, 2.05) is 27.7 Å². The maximum atomic E-state index is 10.5. The normalized spacial score (nSPS) is 8.38. The molecular weight excluding hydrogens is 163 g/mol. The minimum absolute atomic E-state index is 0. The summed E-state index contributed by atoms with van der Waals surface area (Å²) in [5.41, 5.74) is 0.768. The van der Waals surface area contributed by atoms with Crippen molar-refractivity contribution in [1.29, 1.82) is 0 Å². The van der Waals surface area contributed by atoms with Crippen LogP contribution >= 0.6 is 0 Å². The predicted molar refractivity (Wildman–Crippen MR) is 56.0 cm³/mol. The fraction of sp³-hybridized carbons (Fsp3) is 0.556. The number of H-pyrrole nitrogens is 1. The van der Waals surface area contributed by atoms with E-state index >= 15 is 0 Å². The molecule has 0 atom stereocenters. The van der Waals surface area contributed by atoms with Crippen LogP contribution in [0.25, 0.3) is 0 Å². The minimum atomic E-state index is -0.149.